The molecule has 2 N–H and O–H groups in total. The van der Waals surface area contributed by atoms with E-state index in [0.29, 0.717) is 22.3 Å². The molecular weight excluding hydrogens is 322 g/mol. The molecule has 0 unspecified atom stereocenters. The van der Waals surface area contributed by atoms with Crippen LogP contribution in [0.4, 0.5) is 5.13 Å². The number of nitrogens with one attached hydrogen (secondary N) is 2. The third-order valence-corrected chi connectivity index (χ3v) is 5.24. The zero-order valence-electron chi connectivity index (χ0n) is 13.0. The molecule has 24 heavy (non-hydrogen) atoms. The Hall–Kier alpha value is -2.38. The highest BCUT2D eigenvalue weighted by Crippen LogP contribution is 2.31. The molecule has 1 aliphatic heterocycles. The van der Waals surface area contributed by atoms with E-state index in [-0.39, 0.29) is 5.91 Å². The zero-order chi connectivity index (χ0) is 16.4. The van der Waals surface area contributed by atoms with Crippen molar-refractivity contribution in [1.29, 1.82) is 0 Å². The molecule has 1 aromatic carbocycles. The van der Waals surface area contributed by atoms with Gasteiger partial charge < -0.3 is 5.32 Å². The molecule has 1 saturated heterocycles. The van der Waals surface area contributed by atoms with E-state index in [1.807, 2.05) is 30.5 Å². The predicted octanol–water partition coefficient (Wildman–Crippen LogP) is 2.81. The first kappa shape index (κ1) is 15.2. The van der Waals surface area contributed by atoms with Crippen LogP contribution in [0.1, 0.15) is 34.1 Å². The molecule has 4 rings (SSSR count). The molecule has 3 heterocycles. The summed E-state index contributed by atoms with van der Waals surface area (Å²) in [6.07, 6.45) is 5.61. The van der Waals surface area contributed by atoms with Gasteiger partial charge in [0.05, 0.1) is 17.2 Å². The first-order valence-electron chi connectivity index (χ1n) is 7.99. The van der Waals surface area contributed by atoms with Gasteiger partial charge in [-0.25, -0.2) is 9.97 Å². The molecule has 0 radical (unpaired) electrons. The van der Waals surface area contributed by atoms with Crippen molar-refractivity contribution in [2.45, 2.75) is 18.8 Å². The fraction of sp³-hybridized carbons (Fsp3) is 0.294. The van der Waals surface area contributed by atoms with E-state index in [9.17, 15) is 4.79 Å². The van der Waals surface area contributed by atoms with Crippen LogP contribution in [0.15, 0.2) is 36.7 Å². The number of carbonyl (C=O) groups is 1. The molecule has 1 aliphatic rings. The molecular formula is C17H17N5OS. The first-order valence-corrected chi connectivity index (χ1v) is 8.81. The molecule has 0 spiro atoms. The minimum Gasteiger partial charge on any atom is -0.317 e. The topological polar surface area (TPSA) is 79.8 Å². The maximum atomic E-state index is 12.4. The van der Waals surface area contributed by atoms with Crippen molar-refractivity contribution in [3.63, 3.8) is 0 Å². The van der Waals surface area contributed by atoms with Crippen molar-refractivity contribution in [3.8, 4) is 0 Å². The summed E-state index contributed by atoms with van der Waals surface area (Å²) < 4.78 is 0. The van der Waals surface area contributed by atoms with Gasteiger partial charge in [0.15, 0.2) is 5.13 Å². The van der Waals surface area contributed by atoms with E-state index >= 15 is 0 Å². The molecule has 0 aliphatic carbocycles. The van der Waals surface area contributed by atoms with Crippen molar-refractivity contribution >= 4 is 33.4 Å². The van der Waals surface area contributed by atoms with Crippen LogP contribution in [0.3, 0.4) is 0 Å². The maximum Gasteiger partial charge on any atom is 0.277 e. The second-order valence-electron chi connectivity index (χ2n) is 5.79. The van der Waals surface area contributed by atoms with Gasteiger partial charge in [0.1, 0.15) is 5.69 Å². The van der Waals surface area contributed by atoms with Crippen LogP contribution in [-0.2, 0) is 0 Å². The van der Waals surface area contributed by atoms with Gasteiger partial charge in [0.2, 0.25) is 0 Å². The molecule has 2 aromatic heterocycles. The summed E-state index contributed by atoms with van der Waals surface area (Å²) in [6, 6.07) is 7.49. The molecule has 1 amide bonds. The predicted molar refractivity (Wildman–Crippen MR) is 94.4 cm³/mol. The van der Waals surface area contributed by atoms with Crippen LogP contribution < -0.4 is 10.6 Å². The number of anilines is 1. The number of nitrogens with zero attached hydrogens (tertiary/aromatic N) is 3. The van der Waals surface area contributed by atoms with Gasteiger partial charge in [-0.3, -0.25) is 15.1 Å². The summed E-state index contributed by atoms with van der Waals surface area (Å²) in [5.41, 5.74) is 1.78. The Kier molecular flexibility index (Phi) is 4.18. The number of fused-ring (bicyclic) bond motifs is 1. The lowest BCUT2D eigenvalue weighted by Crippen LogP contribution is -2.26. The number of benzene rings is 1. The maximum absolute atomic E-state index is 12.4. The molecule has 122 valence electrons. The van der Waals surface area contributed by atoms with Crippen molar-refractivity contribution < 1.29 is 4.79 Å². The van der Waals surface area contributed by atoms with Crippen molar-refractivity contribution in [1.82, 2.24) is 20.3 Å². The fourth-order valence-electron chi connectivity index (χ4n) is 2.87. The van der Waals surface area contributed by atoms with E-state index in [1.165, 1.54) is 11.1 Å². The second kappa shape index (κ2) is 6.62. The highest BCUT2D eigenvalue weighted by Gasteiger charge is 2.19. The average molecular weight is 339 g/mol. The number of para-hydroxylation sites is 2. The van der Waals surface area contributed by atoms with Crippen LogP contribution >= 0.6 is 11.3 Å². The van der Waals surface area contributed by atoms with Gasteiger partial charge in [0, 0.05) is 11.1 Å². The van der Waals surface area contributed by atoms with Crippen molar-refractivity contribution in [2.24, 2.45) is 0 Å². The molecule has 0 atom stereocenters. The second-order valence-corrected chi connectivity index (χ2v) is 6.85. The Morgan fingerprint density at radius 3 is 2.75 bits per heavy atom. The van der Waals surface area contributed by atoms with Gasteiger partial charge in [-0.2, -0.15) is 0 Å². The highest BCUT2D eigenvalue weighted by molar-refractivity contribution is 7.15. The average Bonchev–Trinajstić information content (AvgIpc) is 3.10. The number of amides is 1. The quantitative estimate of drug-likeness (QED) is 0.767. The lowest BCUT2D eigenvalue weighted by molar-refractivity contribution is 0.102. The molecule has 0 saturated carbocycles. The van der Waals surface area contributed by atoms with Gasteiger partial charge in [-0.1, -0.05) is 12.1 Å². The van der Waals surface area contributed by atoms with Gasteiger partial charge in [-0.15, -0.1) is 11.3 Å². The summed E-state index contributed by atoms with van der Waals surface area (Å²) in [4.78, 5) is 26.6. The molecule has 1 fully saturated rings. The number of hydrogen-bond acceptors (Lipinski definition) is 6. The Bertz CT molecular complexity index is 872. The summed E-state index contributed by atoms with van der Waals surface area (Å²) in [7, 11) is 0. The van der Waals surface area contributed by atoms with Crippen molar-refractivity contribution in [3.05, 3.63) is 47.2 Å². The van der Waals surface area contributed by atoms with Gasteiger partial charge in [-0.05, 0) is 44.0 Å². The number of thiazole rings is 1. The van der Waals surface area contributed by atoms with Crippen LogP contribution in [-0.4, -0.2) is 33.9 Å². The number of hydrogen-bond donors (Lipinski definition) is 2. The SMILES string of the molecule is O=C(Nc1ncc(C2CCNCC2)s1)c1cnc2ccccc2n1. The van der Waals surface area contributed by atoms with Crippen LogP contribution in [0.25, 0.3) is 11.0 Å². The summed E-state index contributed by atoms with van der Waals surface area (Å²) in [6.45, 7) is 2.08. The number of rotatable bonds is 3. The van der Waals surface area contributed by atoms with E-state index in [4.69, 9.17) is 0 Å². The lowest BCUT2D eigenvalue weighted by Gasteiger charge is -2.20. The molecule has 0 bridgehead atoms. The van der Waals surface area contributed by atoms with Gasteiger partial charge >= 0.3 is 0 Å². The van der Waals surface area contributed by atoms with E-state index in [0.717, 1.165) is 31.4 Å². The number of piperidine rings is 1. The molecule has 6 nitrogen and oxygen atoms in total. The fourth-order valence-corrected chi connectivity index (χ4v) is 3.85. The summed E-state index contributed by atoms with van der Waals surface area (Å²) >= 11 is 1.55. The summed E-state index contributed by atoms with van der Waals surface area (Å²) in [5.74, 6) is 0.259. The largest absolute Gasteiger partial charge is 0.317 e. The molecule has 7 heteroatoms. The third kappa shape index (κ3) is 3.13. The molecule has 3 aromatic rings. The summed E-state index contributed by atoms with van der Waals surface area (Å²) in [5, 5.41) is 6.81. The van der Waals surface area contributed by atoms with Gasteiger partial charge in [0.25, 0.3) is 5.91 Å². The standard InChI is InChI=1S/C17H17N5OS/c23-16(14-9-19-12-3-1-2-4-13(12)21-14)22-17-20-10-15(24-17)11-5-7-18-8-6-11/h1-4,9-11,18H,5-8H2,(H,20,22,23). The van der Waals surface area contributed by atoms with Crippen LogP contribution in [0, 0.1) is 0 Å². The Morgan fingerprint density at radius 2 is 1.92 bits per heavy atom. The highest BCUT2D eigenvalue weighted by atomic mass is 32.1. The monoisotopic (exact) mass is 339 g/mol. The smallest absolute Gasteiger partial charge is 0.277 e. The normalized spacial score (nSPS) is 15.5. The zero-order valence-corrected chi connectivity index (χ0v) is 13.8. The minimum absolute atomic E-state index is 0.278. The third-order valence-electron chi connectivity index (χ3n) is 4.17. The first-order chi connectivity index (χ1) is 11.8. The number of aromatic nitrogens is 3. The van der Waals surface area contributed by atoms with Crippen molar-refractivity contribution in [2.75, 3.05) is 18.4 Å². The van der Waals surface area contributed by atoms with E-state index in [2.05, 4.69) is 25.6 Å². The Morgan fingerprint density at radius 1 is 1.12 bits per heavy atom. The van der Waals surface area contributed by atoms with Crippen LogP contribution in [0.5, 0.6) is 0 Å². The van der Waals surface area contributed by atoms with Crippen LogP contribution in [0.2, 0.25) is 0 Å². The van der Waals surface area contributed by atoms with E-state index < -0.39 is 0 Å². The number of carbonyl (C=O) groups excluding carboxylic acids is 1. The Balaban J connectivity index is 1.49. The van der Waals surface area contributed by atoms with E-state index in [1.54, 1.807) is 11.3 Å². The minimum atomic E-state index is -0.278. The Labute approximate surface area is 143 Å². The lowest BCUT2D eigenvalue weighted by atomic mass is 9.97.